The maximum atomic E-state index is 11.4. The standard InChI is InChI=1S/C14H20N2O3/c1-9(11-5-6-19-8-11)16-13-4-3-10(7-12(13)15)14(17)18-2/h3-4,7,9,11,16H,5-6,8,15H2,1-2H3. The molecule has 0 saturated carbocycles. The monoisotopic (exact) mass is 264 g/mol. The molecule has 0 amide bonds. The van der Waals surface area contributed by atoms with Crippen LogP contribution in [0.3, 0.4) is 0 Å². The minimum Gasteiger partial charge on any atom is -0.465 e. The Morgan fingerprint density at radius 2 is 2.37 bits per heavy atom. The fraction of sp³-hybridized carbons (Fsp3) is 0.500. The van der Waals surface area contributed by atoms with E-state index in [-0.39, 0.29) is 12.0 Å². The maximum Gasteiger partial charge on any atom is 0.337 e. The molecule has 1 saturated heterocycles. The van der Waals surface area contributed by atoms with Crippen molar-refractivity contribution in [3.63, 3.8) is 0 Å². The van der Waals surface area contributed by atoms with E-state index in [9.17, 15) is 4.79 Å². The number of nitrogens with one attached hydrogen (secondary N) is 1. The number of benzene rings is 1. The predicted molar refractivity (Wildman–Crippen MR) is 74.2 cm³/mol. The van der Waals surface area contributed by atoms with Gasteiger partial charge in [0.2, 0.25) is 0 Å². The lowest BCUT2D eigenvalue weighted by atomic mass is 10.0. The number of ether oxygens (including phenoxy) is 2. The Kier molecular flexibility index (Phi) is 4.27. The van der Waals surface area contributed by atoms with Crippen LogP contribution in [0.15, 0.2) is 18.2 Å². The van der Waals surface area contributed by atoms with Gasteiger partial charge in [-0.15, -0.1) is 0 Å². The summed E-state index contributed by atoms with van der Waals surface area (Å²) in [5.41, 5.74) is 7.81. The van der Waals surface area contributed by atoms with E-state index in [1.165, 1.54) is 7.11 Å². The molecule has 0 radical (unpaired) electrons. The van der Waals surface area contributed by atoms with Crippen LogP contribution >= 0.6 is 0 Å². The number of nitrogens with two attached hydrogens (primary N) is 1. The molecule has 104 valence electrons. The highest BCUT2D eigenvalue weighted by molar-refractivity contribution is 5.91. The average Bonchev–Trinajstić information content (AvgIpc) is 2.94. The van der Waals surface area contributed by atoms with Gasteiger partial charge in [-0.2, -0.15) is 0 Å². The number of hydrogen-bond acceptors (Lipinski definition) is 5. The van der Waals surface area contributed by atoms with Gasteiger partial charge in [0, 0.05) is 18.6 Å². The van der Waals surface area contributed by atoms with Crippen molar-refractivity contribution in [3.8, 4) is 0 Å². The van der Waals surface area contributed by atoms with Crippen LogP contribution in [0.25, 0.3) is 0 Å². The number of rotatable bonds is 4. The van der Waals surface area contributed by atoms with Gasteiger partial charge in [-0.05, 0) is 31.5 Å². The summed E-state index contributed by atoms with van der Waals surface area (Å²) in [5, 5.41) is 3.38. The third-order valence-corrected chi connectivity index (χ3v) is 3.53. The number of methoxy groups -OCH3 is 1. The SMILES string of the molecule is COC(=O)c1ccc(NC(C)C2CCOC2)c(N)c1. The number of carbonyl (C=O) groups excluding carboxylic acids is 1. The third kappa shape index (κ3) is 3.17. The topological polar surface area (TPSA) is 73.6 Å². The first-order valence-electron chi connectivity index (χ1n) is 6.44. The Balaban J connectivity index is 2.06. The second kappa shape index (κ2) is 5.93. The van der Waals surface area contributed by atoms with Crippen LogP contribution in [-0.4, -0.2) is 32.3 Å². The van der Waals surface area contributed by atoms with Crippen molar-refractivity contribution in [3.05, 3.63) is 23.8 Å². The lowest BCUT2D eigenvalue weighted by Gasteiger charge is -2.21. The number of hydrogen-bond donors (Lipinski definition) is 2. The molecule has 5 nitrogen and oxygen atoms in total. The number of esters is 1. The molecular formula is C14H20N2O3. The summed E-state index contributed by atoms with van der Waals surface area (Å²) >= 11 is 0. The summed E-state index contributed by atoms with van der Waals surface area (Å²) in [6.45, 7) is 3.73. The summed E-state index contributed by atoms with van der Waals surface area (Å²) in [6.07, 6.45) is 1.06. The van der Waals surface area contributed by atoms with Crippen molar-refractivity contribution in [1.82, 2.24) is 0 Å². The zero-order chi connectivity index (χ0) is 13.8. The van der Waals surface area contributed by atoms with Crippen LogP contribution in [-0.2, 0) is 9.47 Å². The normalized spacial score (nSPS) is 20.0. The van der Waals surface area contributed by atoms with Crippen molar-refractivity contribution < 1.29 is 14.3 Å². The maximum absolute atomic E-state index is 11.4. The molecule has 5 heteroatoms. The van der Waals surface area contributed by atoms with E-state index in [0.29, 0.717) is 17.2 Å². The second-order valence-corrected chi connectivity index (χ2v) is 4.85. The molecule has 2 atom stereocenters. The lowest BCUT2D eigenvalue weighted by molar-refractivity contribution is 0.0601. The molecule has 1 aliphatic rings. The minimum absolute atomic E-state index is 0.286. The molecule has 1 aliphatic heterocycles. The molecule has 1 heterocycles. The first-order chi connectivity index (χ1) is 9.11. The molecule has 0 spiro atoms. The van der Waals surface area contributed by atoms with E-state index in [4.69, 9.17) is 10.5 Å². The van der Waals surface area contributed by atoms with Crippen molar-refractivity contribution in [2.75, 3.05) is 31.4 Å². The van der Waals surface area contributed by atoms with E-state index in [1.807, 2.05) is 6.07 Å². The van der Waals surface area contributed by atoms with Gasteiger partial charge in [-0.1, -0.05) is 0 Å². The lowest BCUT2D eigenvalue weighted by Crippen LogP contribution is -2.26. The van der Waals surface area contributed by atoms with Crippen LogP contribution in [0, 0.1) is 5.92 Å². The van der Waals surface area contributed by atoms with Gasteiger partial charge in [0.1, 0.15) is 0 Å². The Hall–Kier alpha value is -1.75. The zero-order valence-corrected chi connectivity index (χ0v) is 11.3. The number of anilines is 2. The van der Waals surface area contributed by atoms with Gasteiger partial charge >= 0.3 is 5.97 Å². The Labute approximate surface area is 113 Å². The molecular weight excluding hydrogens is 244 g/mol. The fourth-order valence-electron chi connectivity index (χ4n) is 2.25. The Morgan fingerprint density at radius 3 is 2.95 bits per heavy atom. The highest BCUT2D eigenvalue weighted by atomic mass is 16.5. The van der Waals surface area contributed by atoms with Crippen LogP contribution in [0.1, 0.15) is 23.7 Å². The van der Waals surface area contributed by atoms with Crippen LogP contribution < -0.4 is 11.1 Å². The van der Waals surface area contributed by atoms with Gasteiger partial charge in [-0.25, -0.2) is 4.79 Å². The second-order valence-electron chi connectivity index (χ2n) is 4.85. The Bertz CT molecular complexity index is 456. The zero-order valence-electron chi connectivity index (χ0n) is 11.3. The summed E-state index contributed by atoms with van der Waals surface area (Å²) in [6, 6.07) is 5.44. The van der Waals surface area contributed by atoms with E-state index >= 15 is 0 Å². The van der Waals surface area contributed by atoms with Crippen LogP contribution in [0.5, 0.6) is 0 Å². The molecule has 0 aromatic heterocycles. The van der Waals surface area contributed by atoms with Crippen LogP contribution in [0.4, 0.5) is 11.4 Å². The average molecular weight is 264 g/mol. The van der Waals surface area contributed by atoms with Crippen molar-refractivity contribution in [2.24, 2.45) is 5.92 Å². The quantitative estimate of drug-likeness (QED) is 0.641. The van der Waals surface area contributed by atoms with Gasteiger partial charge in [0.05, 0.1) is 30.7 Å². The largest absolute Gasteiger partial charge is 0.465 e. The Morgan fingerprint density at radius 1 is 1.58 bits per heavy atom. The number of carbonyl (C=O) groups is 1. The van der Waals surface area contributed by atoms with E-state index < -0.39 is 0 Å². The van der Waals surface area contributed by atoms with Crippen molar-refractivity contribution >= 4 is 17.3 Å². The summed E-state index contributed by atoms with van der Waals surface area (Å²) < 4.78 is 10.0. The fourth-order valence-corrected chi connectivity index (χ4v) is 2.25. The molecule has 0 bridgehead atoms. The summed E-state index contributed by atoms with van der Waals surface area (Å²) in [5.74, 6) is 0.121. The van der Waals surface area contributed by atoms with Crippen molar-refractivity contribution in [1.29, 1.82) is 0 Å². The number of nitrogen functional groups attached to an aromatic ring is 1. The first-order valence-corrected chi connectivity index (χ1v) is 6.44. The van der Waals surface area contributed by atoms with E-state index in [0.717, 1.165) is 25.3 Å². The first kappa shape index (κ1) is 13.7. The van der Waals surface area contributed by atoms with E-state index in [2.05, 4.69) is 17.0 Å². The van der Waals surface area contributed by atoms with Crippen molar-refractivity contribution in [2.45, 2.75) is 19.4 Å². The smallest absolute Gasteiger partial charge is 0.337 e. The predicted octanol–water partition coefficient (Wildman–Crippen LogP) is 1.89. The molecule has 0 aliphatic carbocycles. The summed E-state index contributed by atoms with van der Waals surface area (Å²) in [4.78, 5) is 11.4. The van der Waals surface area contributed by atoms with Gasteiger partial charge in [-0.3, -0.25) is 0 Å². The van der Waals surface area contributed by atoms with Gasteiger partial charge in [0.25, 0.3) is 0 Å². The third-order valence-electron chi connectivity index (χ3n) is 3.53. The highest BCUT2D eigenvalue weighted by Gasteiger charge is 2.22. The molecule has 1 aromatic rings. The minimum atomic E-state index is -0.379. The molecule has 3 N–H and O–H groups in total. The molecule has 19 heavy (non-hydrogen) atoms. The van der Waals surface area contributed by atoms with Gasteiger partial charge < -0.3 is 20.5 Å². The molecule has 1 aromatic carbocycles. The summed E-state index contributed by atoms with van der Waals surface area (Å²) in [7, 11) is 1.35. The highest BCUT2D eigenvalue weighted by Crippen LogP contribution is 2.25. The van der Waals surface area contributed by atoms with E-state index in [1.54, 1.807) is 12.1 Å². The van der Waals surface area contributed by atoms with Gasteiger partial charge in [0.15, 0.2) is 0 Å². The van der Waals surface area contributed by atoms with Crippen LogP contribution in [0.2, 0.25) is 0 Å². The molecule has 2 rings (SSSR count). The molecule has 1 fully saturated rings. The molecule has 2 unspecified atom stereocenters.